The number of benzene rings is 2. The van der Waals surface area contributed by atoms with Crippen LogP contribution in [0.2, 0.25) is 0 Å². The van der Waals surface area contributed by atoms with Gasteiger partial charge >= 0.3 is 12.1 Å². The van der Waals surface area contributed by atoms with Crippen molar-refractivity contribution in [2.24, 2.45) is 5.92 Å². The number of amides is 3. The highest BCUT2D eigenvalue weighted by Gasteiger charge is 2.39. The molecule has 0 aromatic heterocycles. The Hall–Kier alpha value is -4.32. The molecule has 0 bridgehead atoms. The molecule has 47 heavy (non-hydrogen) atoms. The van der Waals surface area contributed by atoms with Crippen molar-refractivity contribution in [3.8, 4) is 12.3 Å². The van der Waals surface area contributed by atoms with Gasteiger partial charge in [-0.3, -0.25) is 9.59 Å². The van der Waals surface area contributed by atoms with E-state index in [0.717, 1.165) is 18.4 Å². The van der Waals surface area contributed by atoms with Crippen molar-refractivity contribution in [1.82, 2.24) is 15.5 Å². The molecule has 0 radical (unpaired) electrons. The second kappa shape index (κ2) is 17.6. The molecule has 3 unspecified atom stereocenters. The summed E-state index contributed by atoms with van der Waals surface area (Å²) in [6, 6.07) is 13.0. The maximum Gasteiger partial charge on any atom is 0.408 e. The van der Waals surface area contributed by atoms with E-state index in [0.29, 0.717) is 17.5 Å². The zero-order valence-electron chi connectivity index (χ0n) is 29.5. The van der Waals surface area contributed by atoms with Gasteiger partial charge in [0.25, 0.3) is 0 Å². The minimum absolute atomic E-state index is 0.170. The summed E-state index contributed by atoms with van der Waals surface area (Å²) in [7, 11) is 0. The number of hydrogen-bond donors (Lipinski definition) is 2. The van der Waals surface area contributed by atoms with Crippen molar-refractivity contribution in [1.29, 1.82) is 0 Å². The van der Waals surface area contributed by atoms with Gasteiger partial charge < -0.3 is 25.0 Å². The Morgan fingerprint density at radius 1 is 0.851 bits per heavy atom. The molecule has 0 fully saturated rings. The van der Waals surface area contributed by atoms with E-state index in [2.05, 4.69) is 16.6 Å². The Bertz CT molecular complexity index is 1380. The highest BCUT2D eigenvalue weighted by atomic mass is 16.6. The molecule has 2 rings (SSSR count). The summed E-state index contributed by atoms with van der Waals surface area (Å²) >= 11 is 0. The van der Waals surface area contributed by atoms with Crippen LogP contribution < -0.4 is 10.6 Å². The van der Waals surface area contributed by atoms with Crippen molar-refractivity contribution in [2.45, 2.75) is 117 Å². The number of esters is 1. The van der Waals surface area contributed by atoms with Crippen LogP contribution in [0.25, 0.3) is 0 Å². The first-order valence-electron chi connectivity index (χ1n) is 16.4. The van der Waals surface area contributed by atoms with Crippen molar-refractivity contribution < 1.29 is 28.7 Å². The fourth-order valence-corrected chi connectivity index (χ4v) is 5.01. The molecule has 0 aliphatic rings. The number of nitrogens with one attached hydrogen (secondary N) is 2. The van der Waals surface area contributed by atoms with Crippen molar-refractivity contribution >= 4 is 23.9 Å². The highest BCUT2D eigenvalue weighted by Crippen LogP contribution is 2.28. The third-order valence-electron chi connectivity index (χ3n) is 7.15. The van der Waals surface area contributed by atoms with Crippen LogP contribution in [0.15, 0.2) is 54.6 Å². The molecular formula is C38H53N3O6. The van der Waals surface area contributed by atoms with Crippen molar-refractivity contribution in [3.05, 3.63) is 71.3 Å². The lowest BCUT2D eigenvalue weighted by atomic mass is 9.95. The monoisotopic (exact) mass is 647 g/mol. The minimum Gasteiger partial charge on any atom is -0.458 e. The molecule has 0 aliphatic carbocycles. The Balaban J connectivity index is 2.67. The number of ether oxygens (including phenoxy) is 2. The first-order valence-corrected chi connectivity index (χ1v) is 16.4. The fraction of sp³-hybridized carbons (Fsp3) is 0.526. The molecule has 3 amide bonds. The summed E-state index contributed by atoms with van der Waals surface area (Å²) in [5.74, 6) is 0.642. The number of alkyl carbamates (subject to hydrolysis) is 1. The molecule has 9 heteroatoms. The quantitative estimate of drug-likeness (QED) is 0.140. The molecule has 0 spiro atoms. The Morgan fingerprint density at radius 3 is 2.00 bits per heavy atom. The lowest BCUT2D eigenvalue weighted by Gasteiger charge is -2.36. The summed E-state index contributed by atoms with van der Waals surface area (Å²) in [5, 5.41) is 5.65. The first kappa shape index (κ1) is 38.9. The smallest absolute Gasteiger partial charge is 0.408 e. The summed E-state index contributed by atoms with van der Waals surface area (Å²) < 4.78 is 11.2. The second-order valence-corrected chi connectivity index (χ2v) is 14.0. The zero-order chi connectivity index (χ0) is 35.4. The topological polar surface area (TPSA) is 114 Å². The summed E-state index contributed by atoms with van der Waals surface area (Å²) in [4.78, 5) is 57.0. The van der Waals surface area contributed by atoms with Crippen LogP contribution in [0.4, 0.5) is 4.79 Å². The SMILES string of the molecule is C#Cc1ccccc1C(C(=O)NC(Cc1ccccc1)C(=O)OC(C)(C)C)N(CCCCC)C(=O)C(NC(=O)OC(C)(C)C)C(C)C. The molecule has 2 aromatic carbocycles. The molecule has 9 nitrogen and oxygen atoms in total. The lowest BCUT2D eigenvalue weighted by molar-refractivity contribution is -0.159. The van der Waals surface area contributed by atoms with Crippen LogP contribution in [0.3, 0.4) is 0 Å². The van der Waals surface area contributed by atoms with Crippen molar-refractivity contribution in [2.75, 3.05) is 6.54 Å². The number of nitrogens with zero attached hydrogens (tertiary/aromatic N) is 1. The van der Waals surface area contributed by atoms with Gasteiger partial charge in [0.15, 0.2) is 0 Å². The Labute approximate surface area is 281 Å². The van der Waals surface area contributed by atoms with Gasteiger partial charge in [-0.25, -0.2) is 9.59 Å². The predicted octanol–water partition coefficient (Wildman–Crippen LogP) is 6.35. The number of terminal acetylenes is 1. The van der Waals surface area contributed by atoms with E-state index in [1.54, 1.807) is 65.8 Å². The van der Waals surface area contributed by atoms with Gasteiger partial charge in [-0.05, 0) is 71.1 Å². The number of unbranched alkanes of at least 4 members (excludes halogenated alkanes) is 2. The number of hydrogen-bond acceptors (Lipinski definition) is 6. The minimum atomic E-state index is -1.21. The van der Waals surface area contributed by atoms with Gasteiger partial charge in [-0.1, -0.05) is 88.1 Å². The van der Waals surface area contributed by atoms with Crippen LogP contribution in [-0.4, -0.2) is 58.6 Å². The Morgan fingerprint density at radius 2 is 1.45 bits per heavy atom. The summed E-state index contributed by atoms with van der Waals surface area (Å²) in [6.45, 7) is 16.4. The molecule has 256 valence electrons. The van der Waals surface area contributed by atoms with Crippen LogP contribution in [0, 0.1) is 18.3 Å². The average Bonchev–Trinajstić information content (AvgIpc) is 2.97. The van der Waals surface area contributed by atoms with E-state index in [4.69, 9.17) is 15.9 Å². The van der Waals surface area contributed by atoms with Crippen LogP contribution in [0.1, 0.15) is 104 Å². The van der Waals surface area contributed by atoms with E-state index in [1.165, 1.54) is 4.90 Å². The maximum atomic E-state index is 14.6. The maximum absolute atomic E-state index is 14.6. The van der Waals surface area contributed by atoms with Crippen LogP contribution in [-0.2, 0) is 30.3 Å². The average molecular weight is 648 g/mol. The molecule has 2 aromatic rings. The molecule has 3 atom stereocenters. The normalized spacial score (nSPS) is 13.5. The number of carbonyl (C=O) groups is 4. The molecule has 2 N–H and O–H groups in total. The fourth-order valence-electron chi connectivity index (χ4n) is 5.01. The molecular weight excluding hydrogens is 594 g/mol. The van der Waals surface area contributed by atoms with E-state index in [1.807, 2.05) is 51.1 Å². The van der Waals surface area contributed by atoms with Gasteiger partial charge in [0.2, 0.25) is 11.8 Å². The van der Waals surface area contributed by atoms with Crippen LogP contribution in [0.5, 0.6) is 0 Å². The number of rotatable bonds is 14. The summed E-state index contributed by atoms with van der Waals surface area (Å²) in [5.41, 5.74) is 0.103. The van der Waals surface area contributed by atoms with Gasteiger partial charge in [0.05, 0.1) is 0 Å². The van der Waals surface area contributed by atoms with E-state index < -0.39 is 53.2 Å². The van der Waals surface area contributed by atoms with E-state index in [-0.39, 0.29) is 18.9 Å². The third kappa shape index (κ3) is 12.8. The van der Waals surface area contributed by atoms with Gasteiger partial charge in [-0.15, -0.1) is 6.42 Å². The van der Waals surface area contributed by atoms with Gasteiger partial charge in [0.1, 0.15) is 29.3 Å². The molecule has 0 heterocycles. The third-order valence-corrected chi connectivity index (χ3v) is 7.15. The van der Waals surface area contributed by atoms with E-state index in [9.17, 15) is 19.2 Å². The van der Waals surface area contributed by atoms with Crippen LogP contribution >= 0.6 is 0 Å². The Kier molecular flexibility index (Phi) is 14.5. The van der Waals surface area contributed by atoms with Crippen molar-refractivity contribution in [3.63, 3.8) is 0 Å². The first-order chi connectivity index (χ1) is 22.0. The molecule has 0 saturated heterocycles. The largest absolute Gasteiger partial charge is 0.458 e. The molecule has 0 aliphatic heterocycles. The standard InChI is InChI=1S/C38H53N3O6/c1-11-13-19-24-41(34(43)31(26(3)4)40-36(45)47-38(8,9)10)32(29-23-18-17-22-28(29)12-2)33(42)39-30(35(44)46-37(5,6)7)25-27-20-15-14-16-21-27/h2,14-18,20-23,26,30-32H,11,13,19,24-25H2,1,3-10H3,(H,39,42)(H,40,45). The predicted molar refractivity (Wildman–Crippen MR) is 184 cm³/mol. The summed E-state index contributed by atoms with van der Waals surface area (Å²) in [6.07, 6.45) is 7.61. The number of carbonyl (C=O) groups excluding carboxylic acids is 4. The van der Waals surface area contributed by atoms with E-state index >= 15 is 0 Å². The van der Waals surface area contributed by atoms with Gasteiger partial charge in [-0.2, -0.15) is 0 Å². The molecule has 0 saturated carbocycles. The lowest BCUT2D eigenvalue weighted by Crippen LogP contribution is -2.56. The highest BCUT2D eigenvalue weighted by molar-refractivity contribution is 5.94. The second-order valence-electron chi connectivity index (χ2n) is 14.0. The zero-order valence-corrected chi connectivity index (χ0v) is 29.5. The van der Waals surface area contributed by atoms with Gasteiger partial charge in [0, 0.05) is 18.5 Å².